The van der Waals surface area contributed by atoms with Crippen LogP contribution in [-0.2, 0) is 6.54 Å². The van der Waals surface area contributed by atoms with Gasteiger partial charge in [0.2, 0.25) is 5.88 Å². The van der Waals surface area contributed by atoms with Gasteiger partial charge < -0.3 is 20.3 Å². The van der Waals surface area contributed by atoms with E-state index in [-0.39, 0.29) is 6.04 Å². The molecule has 0 aliphatic carbocycles. The molecular weight excluding hydrogens is 364 g/mol. The lowest BCUT2D eigenvalue weighted by atomic mass is 10.3. The van der Waals surface area contributed by atoms with Crippen molar-refractivity contribution in [2.45, 2.75) is 25.9 Å². The second-order valence-electron chi connectivity index (χ2n) is 6.25. The molecule has 3 heterocycles. The molecule has 144 valence electrons. The first-order chi connectivity index (χ1) is 13.2. The molecule has 3 rings (SSSR count). The summed E-state index contributed by atoms with van der Waals surface area (Å²) in [6.07, 6.45) is 2.77. The Hall–Kier alpha value is -2.54. The van der Waals surface area contributed by atoms with Crippen LogP contribution in [0, 0.1) is 0 Å². The summed E-state index contributed by atoms with van der Waals surface area (Å²) in [5.74, 6) is 2.21. The van der Waals surface area contributed by atoms with Crippen molar-refractivity contribution in [3.63, 3.8) is 0 Å². The molecule has 0 amide bonds. The van der Waals surface area contributed by atoms with E-state index in [1.807, 2.05) is 30.3 Å². The number of aliphatic imine (C=N–C) groups is 1. The highest BCUT2D eigenvalue weighted by molar-refractivity contribution is 6.32. The number of aromatic nitrogens is 2. The van der Waals surface area contributed by atoms with E-state index in [2.05, 4.69) is 37.4 Å². The lowest BCUT2D eigenvalue weighted by Gasteiger charge is -2.20. The monoisotopic (exact) mass is 388 g/mol. The third-order valence-electron chi connectivity index (χ3n) is 4.30. The molecule has 0 bridgehead atoms. The van der Waals surface area contributed by atoms with E-state index < -0.39 is 0 Å². The third kappa shape index (κ3) is 5.23. The standard InChI is InChI=1S/C19H25ClN6O/c1-3-21-19(23-12-14-6-4-8-17(24-14)27-2)25-15-9-11-26(13-15)18-16(20)7-5-10-22-18/h4-8,10,15H,3,9,11-13H2,1-2H3,(H2,21,23,25). The van der Waals surface area contributed by atoms with Crippen molar-refractivity contribution in [3.05, 3.63) is 47.2 Å². The van der Waals surface area contributed by atoms with Crippen molar-refractivity contribution < 1.29 is 4.74 Å². The van der Waals surface area contributed by atoms with Crippen LogP contribution in [0.1, 0.15) is 19.0 Å². The molecular formula is C19H25ClN6O. The normalized spacial score (nSPS) is 17.1. The van der Waals surface area contributed by atoms with Gasteiger partial charge in [0.15, 0.2) is 5.96 Å². The third-order valence-corrected chi connectivity index (χ3v) is 4.60. The lowest BCUT2D eigenvalue weighted by molar-refractivity contribution is 0.396. The Morgan fingerprint density at radius 1 is 1.37 bits per heavy atom. The Bertz CT molecular complexity index is 784. The fraction of sp³-hybridized carbons (Fsp3) is 0.421. The van der Waals surface area contributed by atoms with Gasteiger partial charge in [-0.15, -0.1) is 0 Å². The van der Waals surface area contributed by atoms with Crippen LogP contribution < -0.4 is 20.3 Å². The number of hydrogen-bond donors (Lipinski definition) is 2. The smallest absolute Gasteiger partial charge is 0.213 e. The Morgan fingerprint density at radius 2 is 2.26 bits per heavy atom. The molecule has 0 aromatic carbocycles. The minimum Gasteiger partial charge on any atom is -0.481 e. The fourth-order valence-corrected chi connectivity index (χ4v) is 3.25. The van der Waals surface area contributed by atoms with Gasteiger partial charge in [0.1, 0.15) is 5.82 Å². The number of pyridine rings is 2. The van der Waals surface area contributed by atoms with Crippen LogP contribution in [0.2, 0.25) is 5.02 Å². The first kappa shape index (κ1) is 19.2. The molecule has 0 radical (unpaired) electrons. The average molecular weight is 389 g/mol. The quantitative estimate of drug-likeness (QED) is 0.585. The number of methoxy groups -OCH3 is 1. The summed E-state index contributed by atoms with van der Waals surface area (Å²) < 4.78 is 5.17. The SMILES string of the molecule is CCNC(=NCc1cccc(OC)n1)NC1CCN(c2ncccc2Cl)C1. The second kappa shape index (κ2) is 9.41. The van der Waals surface area contributed by atoms with Crippen molar-refractivity contribution in [3.8, 4) is 5.88 Å². The molecule has 1 saturated heterocycles. The molecule has 0 saturated carbocycles. The number of halogens is 1. The van der Waals surface area contributed by atoms with E-state index >= 15 is 0 Å². The molecule has 2 aromatic heterocycles. The fourth-order valence-electron chi connectivity index (χ4n) is 3.01. The Labute approximate surface area is 164 Å². The second-order valence-corrected chi connectivity index (χ2v) is 6.66. The van der Waals surface area contributed by atoms with E-state index in [1.165, 1.54) is 0 Å². The van der Waals surface area contributed by atoms with E-state index in [9.17, 15) is 0 Å². The van der Waals surface area contributed by atoms with Gasteiger partial charge >= 0.3 is 0 Å². The Balaban J connectivity index is 1.61. The first-order valence-corrected chi connectivity index (χ1v) is 9.47. The molecule has 1 aliphatic rings. The van der Waals surface area contributed by atoms with Crippen molar-refractivity contribution in [1.29, 1.82) is 0 Å². The molecule has 27 heavy (non-hydrogen) atoms. The van der Waals surface area contributed by atoms with Gasteiger partial charge in [-0.1, -0.05) is 17.7 Å². The highest BCUT2D eigenvalue weighted by Gasteiger charge is 2.25. The summed E-state index contributed by atoms with van der Waals surface area (Å²) in [6, 6.07) is 9.68. The van der Waals surface area contributed by atoms with Gasteiger partial charge in [0.25, 0.3) is 0 Å². The van der Waals surface area contributed by atoms with E-state index in [0.717, 1.165) is 43.5 Å². The molecule has 1 atom stereocenters. The molecule has 1 fully saturated rings. The van der Waals surface area contributed by atoms with Crippen LogP contribution in [-0.4, -0.2) is 48.7 Å². The van der Waals surface area contributed by atoms with Gasteiger partial charge in [-0.2, -0.15) is 0 Å². The van der Waals surface area contributed by atoms with Crippen LogP contribution in [0.4, 0.5) is 5.82 Å². The number of guanidine groups is 1. The molecule has 1 aliphatic heterocycles. The van der Waals surface area contributed by atoms with E-state index in [0.29, 0.717) is 17.4 Å². The Kier molecular flexibility index (Phi) is 6.70. The summed E-state index contributed by atoms with van der Waals surface area (Å²) in [4.78, 5) is 15.7. The van der Waals surface area contributed by atoms with Gasteiger partial charge in [-0.05, 0) is 31.5 Å². The van der Waals surface area contributed by atoms with Crippen LogP contribution >= 0.6 is 11.6 Å². The molecule has 8 heteroatoms. The van der Waals surface area contributed by atoms with E-state index in [1.54, 1.807) is 13.3 Å². The summed E-state index contributed by atoms with van der Waals surface area (Å²) in [5, 5.41) is 7.48. The summed E-state index contributed by atoms with van der Waals surface area (Å²) in [6.45, 7) is 5.06. The van der Waals surface area contributed by atoms with Crippen LogP contribution in [0.5, 0.6) is 5.88 Å². The molecule has 0 spiro atoms. The number of nitrogens with one attached hydrogen (secondary N) is 2. The largest absolute Gasteiger partial charge is 0.481 e. The van der Waals surface area contributed by atoms with Crippen molar-refractivity contribution in [2.75, 3.05) is 31.6 Å². The van der Waals surface area contributed by atoms with Crippen LogP contribution in [0.15, 0.2) is 41.5 Å². The van der Waals surface area contributed by atoms with Crippen LogP contribution in [0.25, 0.3) is 0 Å². The zero-order valence-electron chi connectivity index (χ0n) is 15.7. The van der Waals surface area contributed by atoms with Crippen LogP contribution in [0.3, 0.4) is 0 Å². The maximum absolute atomic E-state index is 6.27. The molecule has 2 N–H and O–H groups in total. The highest BCUT2D eigenvalue weighted by atomic mass is 35.5. The molecule has 1 unspecified atom stereocenters. The first-order valence-electron chi connectivity index (χ1n) is 9.10. The summed E-state index contributed by atoms with van der Waals surface area (Å²) in [5.41, 5.74) is 0.861. The topological polar surface area (TPSA) is 74.7 Å². The summed E-state index contributed by atoms with van der Waals surface area (Å²) in [7, 11) is 1.61. The number of hydrogen-bond acceptors (Lipinski definition) is 5. The maximum atomic E-state index is 6.27. The van der Waals surface area contributed by atoms with Gasteiger partial charge in [0, 0.05) is 37.9 Å². The Morgan fingerprint density at radius 3 is 3.04 bits per heavy atom. The van der Waals surface area contributed by atoms with Crippen molar-refractivity contribution >= 4 is 23.4 Å². The number of anilines is 1. The van der Waals surface area contributed by atoms with Crippen molar-refractivity contribution in [2.24, 2.45) is 4.99 Å². The average Bonchev–Trinajstić information content (AvgIpc) is 3.15. The number of rotatable bonds is 6. The zero-order chi connectivity index (χ0) is 19.1. The van der Waals surface area contributed by atoms with Gasteiger partial charge in [-0.3, -0.25) is 0 Å². The minimum atomic E-state index is 0.277. The van der Waals surface area contributed by atoms with Gasteiger partial charge in [0.05, 0.1) is 24.4 Å². The minimum absolute atomic E-state index is 0.277. The predicted molar refractivity (Wildman–Crippen MR) is 109 cm³/mol. The molecule has 2 aromatic rings. The van der Waals surface area contributed by atoms with Crippen molar-refractivity contribution in [1.82, 2.24) is 20.6 Å². The van der Waals surface area contributed by atoms with E-state index in [4.69, 9.17) is 16.3 Å². The highest BCUT2D eigenvalue weighted by Crippen LogP contribution is 2.25. The maximum Gasteiger partial charge on any atom is 0.213 e. The predicted octanol–water partition coefficient (Wildman–Crippen LogP) is 2.47. The number of nitrogens with zero attached hydrogens (tertiary/aromatic N) is 4. The summed E-state index contributed by atoms with van der Waals surface area (Å²) >= 11 is 6.27. The number of ether oxygens (including phenoxy) is 1. The molecule has 7 nitrogen and oxygen atoms in total. The van der Waals surface area contributed by atoms with Gasteiger partial charge in [-0.25, -0.2) is 15.0 Å². The zero-order valence-corrected chi connectivity index (χ0v) is 16.4. The lowest BCUT2D eigenvalue weighted by Crippen LogP contribution is -2.44.